The second-order valence-corrected chi connectivity index (χ2v) is 7.14. The molecule has 2 aliphatic rings. The fourth-order valence-corrected chi connectivity index (χ4v) is 3.91. The number of hydrogen-bond donors (Lipinski definition) is 0. The van der Waals surface area contributed by atoms with Crippen LogP contribution in [-0.4, -0.2) is 40.7 Å². The summed E-state index contributed by atoms with van der Waals surface area (Å²) in [6.07, 6.45) is 1.75. The van der Waals surface area contributed by atoms with Crippen LogP contribution in [-0.2, 0) is 0 Å². The molecule has 0 N–H and O–H groups in total. The van der Waals surface area contributed by atoms with E-state index in [1.165, 1.54) is 11.3 Å². The Bertz CT molecular complexity index is 754. The Morgan fingerprint density at radius 1 is 1.38 bits per heavy atom. The smallest absolute Gasteiger partial charge is 0.268 e. The maximum absolute atomic E-state index is 13.0. The standard InChI is InChI=1S/C16H19N3O4S/c1-9(2)14-17-15(23-18-14)10-4-3-5-19(10)16(20)13-12-11(8-24-13)21-6-7-22-12/h8-10H,3-7H2,1-2H3/t10-/m1/s1. The highest BCUT2D eigenvalue weighted by atomic mass is 32.1. The second-order valence-electron chi connectivity index (χ2n) is 6.26. The molecule has 7 nitrogen and oxygen atoms in total. The summed E-state index contributed by atoms with van der Waals surface area (Å²) in [6.45, 7) is 5.69. The second kappa shape index (κ2) is 6.08. The quantitative estimate of drug-likeness (QED) is 0.848. The number of carbonyl (C=O) groups is 1. The molecule has 8 heteroatoms. The van der Waals surface area contributed by atoms with Gasteiger partial charge in [0.25, 0.3) is 5.91 Å². The predicted octanol–water partition coefficient (Wildman–Crippen LogP) is 3.00. The van der Waals surface area contributed by atoms with E-state index < -0.39 is 0 Å². The number of hydrogen-bond acceptors (Lipinski definition) is 7. The van der Waals surface area contributed by atoms with Crippen LogP contribution < -0.4 is 9.47 Å². The van der Waals surface area contributed by atoms with E-state index in [-0.39, 0.29) is 17.9 Å². The van der Waals surface area contributed by atoms with Crippen LogP contribution in [0.15, 0.2) is 9.90 Å². The molecule has 2 aromatic rings. The van der Waals surface area contributed by atoms with Crippen LogP contribution in [0.25, 0.3) is 0 Å². The molecule has 0 radical (unpaired) electrons. The van der Waals surface area contributed by atoms with Crippen molar-refractivity contribution in [2.45, 2.75) is 38.6 Å². The van der Waals surface area contributed by atoms with E-state index >= 15 is 0 Å². The SMILES string of the molecule is CC(C)c1noc([C@H]2CCCN2C(=O)c2scc3c2OCCO3)n1. The molecule has 24 heavy (non-hydrogen) atoms. The molecule has 1 amide bonds. The zero-order valence-corrected chi connectivity index (χ0v) is 14.5. The lowest BCUT2D eigenvalue weighted by Crippen LogP contribution is -2.30. The highest BCUT2D eigenvalue weighted by Gasteiger charge is 2.37. The van der Waals surface area contributed by atoms with Crippen LogP contribution in [0.3, 0.4) is 0 Å². The van der Waals surface area contributed by atoms with Crippen molar-refractivity contribution in [3.05, 3.63) is 22.0 Å². The number of nitrogens with zero attached hydrogens (tertiary/aromatic N) is 3. The van der Waals surface area contributed by atoms with Gasteiger partial charge in [-0.1, -0.05) is 19.0 Å². The predicted molar refractivity (Wildman–Crippen MR) is 86.7 cm³/mol. The van der Waals surface area contributed by atoms with Crippen molar-refractivity contribution < 1.29 is 18.8 Å². The van der Waals surface area contributed by atoms with Gasteiger partial charge in [-0.2, -0.15) is 4.98 Å². The molecule has 0 aromatic carbocycles. The van der Waals surface area contributed by atoms with E-state index in [1.807, 2.05) is 24.1 Å². The number of aromatic nitrogens is 2. The van der Waals surface area contributed by atoms with E-state index in [0.717, 1.165) is 12.8 Å². The van der Waals surface area contributed by atoms with Crippen LogP contribution >= 0.6 is 11.3 Å². The molecule has 2 aromatic heterocycles. The number of amides is 1. The topological polar surface area (TPSA) is 77.7 Å². The van der Waals surface area contributed by atoms with Crippen molar-refractivity contribution in [2.75, 3.05) is 19.8 Å². The van der Waals surface area contributed by atoms with Crippen LogP contribution in [0.4, 0.5) is 0 Å². The highest BCUT2D eigenvalue weighted by Crippen LogP contribution is 2.42. The minimum atomic E-state index is -0.167. The average Bonchev–Trinajstić information content (AvgIpc) is 3.31. The lowest BCUT2D eigenvalue weighted by atomic mass is 10.2. The molecular weight excluding hydrogens is 330 g/mol. The van der Waals surface area contributed by atoms with Gasteiger partial charge >= 0.3 is 0 Å². The number of thiophene rings is 1. The Morgan fingerprint density at radius 2 is 2.21 bits per heavy atom. The Kier molecular flexibility index (Phi) is 3.91. The summed E-state index contributed by atoms with van der Waals surface area (Å²) < 4.78 is 16.6. The number of fused-ring (bicyclic) bond motifs is 1. The minimum Gasteiger partial charge on any atom is -0.485 e. The molecule has 2 aliphatic heterocycles. The monoisotopic (exact) mass is 349 g/mol. The summed E-state index contributed by atoms with van der Waals surface area (Å²) in [7, 11) is 0. The Balaban J connectivity index is 1.60. The van der Waals surface area contributed by atoms with Gasteiger partial charge in [-0.25, -0.2) is 0 Å². The third kappa shape index (κ3) is 2.54. The first-order valence-corrected chi connectivity index (χ1v) is 9.04. The fraction of sp³-hybridized carbons (Fsp3) is 0.562. The highest BCUT2D eigenvalue weighted by molar-refractivity contribution is 7.12. The first-order valence-electron chi connectivity index (χ1n) is 8.16. The molecule has 128 valence electrons. The molecule has 4 heterocycles. The number of carbonyl (C=O) groups excluding carboxylic acids is 1. The van der Waals surface area contributed by atoms with E-state index in [2.05, 4.69) is 10.1 Å². The average molecular weight is 349 g/mol. The van der Waals surface area contributed by atoms with Crippen molar-refractivity contribution in [2.24, 2.45) is 0 Å². The summed E-state index contributed by atoms with van der Waals surface area (Å²) >= 11 is 1.36. The van der Waals surface area contributed by atoms with E-state index in [4.69, 9.17) is 14.0 Å². The van der Waals surface area contributed by atoms with Gasteiger partial charge in [0, 0.05) is 17.8 Å². The first-order chi connectivity index (χ1) is 11.6. The van der Waals surface area contributed by atoms with Crippen LogP contribution in [0, 0.1) is 0 Å². The molecular formula is C16H19N3O4S. The zero-order valence-electron chi connectivity index (χ0n) is 13.7. The molecule has 1 atom stereocenters. The third-order valence-corrected chi connectivity index (χ3v) is 5.20. The Labute approximate surface area is 143 Å². The van der Waals surface area contributed by atoms with Crippen LogP contribution in [0.2, 0.25) is 0 Å². The van der Waals surface area contributed by atoms with Crippen molar-refractivity contribution in [3.8, 4) is 11.5 Å². The molecule has 0 spiro atoms. The van der Waals surface area contributed by atoms with Gasteiger partial charge in [0.1, 0.15) is 24.1 Å². The summed E-state index contributed by atoms with van der Waals surface area (Å²) in [4.78, 5) is 19.9. The molecule has 0 unspecified atom stereocenters. The lowest BCUT2D eigenvalue weighted by molar-refractivity contribution is 0.0706. The van der Waals surface area contributed by atoms with Crippen LogP contribution in [0.1, 0.15) is 60.0 Å². The van der Waals surface area contributed by atoms with Gasteiger partial charge in [-0.05, 0) is 12.8 Å². The van der Waals surface area contributed by atoms with Gasteiger partial charge < -0.3 is 18.9 Å². The molecule has 0 saturated carbocycles. The van der Waals surface area contributed by atoms with Crippen molar-refractivity contribution in [3.63, 3.8) is 0 Å². The van der Waals surface area contributed by atoms with Gasteiger partial charge in [0.05, 0.1) is 0 Å². The maximum Gasteiger partial charge on any atom is 0.268 e. The lowest BCUT2D eigenvalue weighted by Gasteiger charge is -2.22. The Morgan fingerprint density at radius 3 is 3.00 bits per heavy atom. The summed E-state index contributed by atoms with van der Waals surface area (Å²) in [5, 5.41) is 5.85. The van der Waals surface area contributed by atoms with Crippen molar-refractivity contribution >= 4 is 17.2 Å². The summed E-state index contributed by atoms with van der Waals surface area (Å²) in [5.41, 5.74) is 0. The van der Waals surface area contributed by atoms with E-state index in [0.29, 0.717) is 47.8 Å². The molecule has 1 fully saturated rings. The number of rotatable bonds is 3. The van der Waals surface area contributed by atoms with Gasteiger partial charge in [0.15, 0.2) is 17.3 Å². The number of likely N-dealkylation sites (tertiary alicyclic amines) is 1. The largest absolute Gasteiger partial charge is 0.485 e. The van der Waals surface area contributed by atoms with E-state index in [9.17, 15) is 4.79 Å². The zero-order chi connectivity index (χ0) is 16.7. The third-order valence-electron chi connectivity index (χ3n) is 4.27. The van der Waals surface area contributed by atoms with Crippen molar-refractivity contribution in [1.29, 1.82) is 0 Å². The Hall–Kier alpha value is -2.09. The molecule has 4 rings (SSSR count). The summed E-state index contributed by atoms with van der Waals surface area (Å²) in [6, 6.07) is -0.167. The van der Waals surface area contributed by atoms with Gasteiger partial charge in [-0.15, -0.1) is 11.3 Å². The normalized spacial score (nSPS) is 20.0. The summed E-state index contributed by atoms with van der Waals surface area (Å²) in [5.74, 6) is 2.56. The minimum absolute atomic E-state index is 0.0569. The number of ether oxygens (including phenoxy) is 2. The van der Waals surface area contributed by atoms with Gasteiger partial charge in [0.2, 0.25) is 5.89 Å². The van der Waals surface area contributed by atoms with E-state index in [1.54, 1.807) is 0 Å². The molecule has 0 bridgehead atoms. The van der Waals surface area contributed by atoms with Crippen molar-refractivity contribution in [1.82, 2.24) is 15.0 Å². The first kappa shape index (κ1) is 15.4. The maximum atomic E-state index is 13.0. The molecule has 1 saturated heterocycles. The van der Waals surface area contributed by atoms with Crippen LogP contribution in [0.5, 0.6) is 11.5 Å². The molecule has 0 aliphatic carbocycles. The van der Waals surface area contributed by atoms with Gasteiger partial charge in [-0.3, -0.25) is 4.79 Å². The fourth-order valence-electron chi connectivity index (χ4n) is 3.02.